The maximum atomic E-state index is 12.4. The van der Waals surface area contributed by atoms with Crippen molar-refractivity contribution in [3.05, 3.63) is 65.1 Å². The summed E-state index contributed by atoms with van der Waals surface area (Å²) in [6, 6.07) is 13.0. The lowest BCUT2D eigenvalue weighted by Gasteiger charge is -2.04. The van der Waals surface area contributed by atoms with Crippen molar-refractivity contribution in [2.24, 2.45) is 7.05 Å². The smallest absolute Gasteiger partial charge is 0.276 e. The predicted molar refractivity (Wildman–Crippen MR) is 90.6 cm³/mol. The van der Waals surface area contributed by atoms with Gasteiger partial charge in [0.2, 0.25) is 0 Å². The summed E-state index contributed by atoms with van der Waals surface area (Å²) in [5.74, 6) is -0.289. The van der Waals surface area contributed by atoms with E-state index in [9.17, 15) is 4.79 Å². The van der Waals surface area contributed by atoms with Crippen LogP contribution < -0.4 is 5.32 Å². The van der Waals surface area contributed by atoms with E-state index in [-0.39, 0.29) is 5.91 Å². The minimum atomic E-state index is -0.289. The van der Waals surface area contributed by atoms with Crippen LogP contribution in [0.15, 0.2) is 48.7 Å². The number of nitrogens with zero attached hydrogens (tertiary/aromatic N) is 3. The first-order valence-electron chi connectivity index (χ1n) is 7.07. The van der Waals surface area contributed by atoms with Gasteiger partial charge in [0.05, 0.1) is 5.69 Å². The summed E-state index contributed by atoms with van der Waals surface area (Å²) in [6.45, 7) is 2.03. The van der Waals surface area contributed by atoms with E-state index in [0.717, 1.165) is 16.8 Å². The molecule has 2 heterocycles. The van der Waals surface area contributed by atoms with Gasteiger partial charge in [-0.15, -0.1) is 0 Å². The first-order valence-corrected chi connectivity index (χ1v) is 7.45. The Morgan fingerprint density at radius 3 is 2.74 bits per heavy atom. The molecule has 5 nitrogen and oxygen atoms in total. The number of amides is 1. The standard InChI is InChI=1S/C17H15ClN4O/c1-11-5-3-4-6-13(11)15-10-14(21-22(15)2)17(23)20-12-7-8-19-16(18)9-12/h3-10H,1-2H3,(H,19,20,23). The Hall–Kier alpha value is -2.66. The van der Waals surface area contributed by atoms with Crippen LogP contribution in [0.3, 0.4) is 0 Å². The van der Waals surface area contributed by atoms with Gasteiger partial charge >= 0.3 is 0 Å². The summed E-state index contributed by atoms with van der Waals surface area (Å²) >= 11 is 5.82. The summed E-state index contributed by atoms with van der Waals surface area (Å²) in [7, 11) is 1.82. The topological polar surface area (TPSA) is 59.8 Å². The zero-order valence-corrected chi connectivity index (χ0v) is 13.5. The highest BCUT2D eigenvalue weighted by atomic mass is 35.5. The number of pyridine rings is 1. The van der Waals surface area contributed by atoms with Crippen molar-refractivity contribution in [1.82, 2.24) is 14.8 Å². The van der Waals surface area contributed by atoms with E-state index in [1.807, 2.05) is 38.2 Å². The molecule has 0 aliphatic heterocycles. The maximum absolute atomic E-state index is 12.4. The number of aromatic nitrogens is 3. The largest absolute Gasteiger partial charge is 0.320 e. The molecule has 0 fully saturated rings. The molecule has 0 spiro atoms. The van der Waals surface area contributed by atoms with Gasteiger partial charge in [-0.05, 0) is 30.7 Å². The Bertz CT molecular complexity index is 873. The van der Waals surface area contributed by atoms with Crippen molar-refractivity contribution in [2.75, 3.05) is 5.32 Å². The van der Waals surface area contributed by atoms with Crippen LogP contribution in [0.25, 0.3) is 11.3 Å². The number of rotatable bonds is 3. The van der Waals surface area contributed by atoms with Crippen molar-refractivity contribution < 1.29 is 4.79 Å². The number of hydrogen-bond acceptors (Lipinski definition) is 3. The molecule has 0 radical (unpaired) electrons. The van der Waals surface area contributed by atoms with E-state index >= 15 is 0 Å². The van der Waals surface area contributed by atoms with Crippen molar-refractivity contribution in [1.29, 1.82) is 0 Å². The summed E-state index contributed by atoms with van der Waals surface area (Å²) in [5, 5.41) is 7.39. The van der Waals surface area contributed by atoms with Gasteiger partial charge in [0.1, 0.15) is 5.15 Å². The van der Waals surface area contributed by atoms with Crippen molar-refractivity contribution in [2.45, 2.75) is 6.92 Å². The van der Waals surface area contributed by atoms with Crippen LogP contribution in [0.1, 0.15) is 16.1 Å². The lowest BCUT2D eigenvalue weighted by atomic mass is 10.1. The molecule has 116 valence electrons. The van der Waals surface area contributed by atoms with E-state index in [4.69, 9.17) is 11.6 Å². The van der Waals surface area contributed by atoms with Crippen LogP contribution in [0, 0.1) is 6.92 Å². The molecule has 1 N–H and O–H groups in total. The number of hydrogen-bond donors (Lipinski definition) is 1. The van der Waals surface area contributed by atoms with Gasteiger partial charge in [-0.1, -0.05) is 35.9 Å². The van der Waals surface area contributed by atoms with Gasteiger partial charge in [-0.3, -0.25) is 9.48 Å². The zero-order chi connectivity index (χ0) is 16.4. The molecule has 0 saturated heterocycles. The van der Waals surface area contributed by atoms with Gasteiger partial charge in [-0.2, -0.15) is 5.10 Å². The molecule has 3 aromatic rings. The van der Waals surface area contributed by atoms with Crippen LogP contribution in [-0.4, -0.2) is 20.7 Å². The van der Waals surface area contributed by atoms with Crippen LogP contribution in [0.5, 0.6) is 0 Å². The molecule has 3 rings (SSSR count). The molecule has 0 unspecified atom stereocenters. The number of halogens is 1. The zero-order valence-electron chi connectivity index (χ0n) is 12.7. The van der Waals surface area contributed by atoms with E-state index in [0.29, 0.717) is 16.5 Å². The summed E-state index contributed by atoms with van der Waals surface area (Å²) in [6.07, 6.45) is 1.54. The van der Waals surface area contributed by atoms with Gasteiger partial charge in [0.15, 0.2) is 5.69 Å². The average Bonchev–Trinajstić information content (AvgIpc) is 2.90. The second-order valence-corrected chi connectivity index (χ2v) is 5.56. The van der Waals surface area contributed by atoms with Crippen LogP contribution in [0.4, 0.5) is 5.69 Å². The van der Waals surface area contributed by atoms with E-state index in [1.165, 1.54) is 6.20 Å². The fourth-order valence-electron chi connectivity index (χ4n) is 2.37. The molecule has 0 aliphatic carbocycles. The van der Waals surface area contributed by atoms with Gasteiger partial charge in [0.25, 0.3) is 5.91 Å². The molecule has 0 aliphatic rings. The summed E-state index contributed by atoms with van der Waals surface area (Å²) in [4.78, 5) is 16.2. The normalized spacial score (nSPS) is 10.6. The Labute approximate surface area is 138 Å². The Morgan fingerprint density at radius 1 is 1.22 bits per heavy atom. The quantitative estimate of drug-likeness (QED) is 0.747. The molecular formula is C17H15ClN4O. The van der Waals surface area contributed by atoms with Crippen LogP contribution in [0.2, 0.25) is 5.15 Å². The highest BCUT2D eigenvalue weighted by Gasteiger charge is 2.15. The number of nitrogens with one attached hydrogen (secondary N) is 1. The Balaban J connectivity index is 1.89. The summed E-state index contributed by atoms with van der Waals surface area (Å²) in [5.41, 5.74) is 4.00. The molecule has 2 aromatic heterocycles. The van der Waals surface area contributed by atoms with Crippen molar-refractivity contribution >= 4 is 23.2 Å². The third-order valence-electron chi connectivity index (χ3n) is 3.52. The lowest BCUT2D eigenvalue weighted by molar-refractivity contribution is 0.102. The minimum Gasteiger partial charge on any atom is -0.320 e. The second kappa shape index (κ2) is 6.22. The fraction of sp³-hybridized carbons (Fsp3) is 0.118. The maximum Gasteiger partial charge on any atom is 0.276 e. The van der Waals surface area contributed by atoms with E-state index in [1.54, 1.807) is 22.9 Å². The molecule has 23 heavy (non-hydrogen) atoms. The monoisotopic (exact) mass is 326 g/mol. The SMILES string of the molecule is Cc1ccccc1-c1cc(C(=O)Nc2ccnc(Cl)c2)nn1C. The van der Waals surface area contributed by atoms with Gasteiger partial charge in [0, 0.05) is 24.5 Å². The fourth-order valence-corrected chi connectivity index (χ4v) is 2.54. The lowest BCUT2D eigenvalue weighted by Crippen LogP contribution is -2.13. The first-order chi connectivity index (χ1) is 11.0. The number of aryl methyl sites for hydroxylation is 2. The third kappa shape index (κ3) is 3.24. The Kier molecular flexibility index (Phi) is 4.12. The molecule has 6 heteroatoms. The molecule has 1 amide bonds. The third-order valence-corrected chi connectivity index (χ3v) is 3.72. The molecule has 0 atom stereocenters. The van der Waals surface area contributed by atoms with Gasteiger partial charge < -0.3 is 5.32 Å². The second-order valence-electron chi connectivity index (χ2n) is 5.17. The predicted octanol–water partition coefficient (Wildman–Crippen LogP) is 3.70. The number of anilines is 1. The van der Waals surface area contributed by atoms with Crippen molar-refractivity contribution in [3.8, 4) is 11.3 Å². The van der Waals surface area contributed by atoms with Crippen LogP contribution >= 0.6 is 11.6 Å². The highest BCUT2D eigenvalue weighted by Crippen LogP contribution is 2.24. The summed E-state index contributed by atoms with van der Waals surface area (Å²) < 4.78 is 1.71. The number of carbonyl (C=O) groups excluding carboxylic acids is 1. The minimum absolute atomic E-state index is 0.289. The molecular weight excluding hydrogens is 312 g/mol. The van der Waals surface area contributed by atoms with Crippen molar-refractivity contribution in [3.63, 3.8) is 0 Å². The first kappa shape index (κ1) is 15.2. The van der Waals surface area contributed by atoms with Gasteiger partial charge in [-0.25, -0.2) is 4.98 Å². The number of carbonyl (C=O) groups is 1. The highest BCUT2D eigenvalue weighted by molar-refractivity contribution is 6.29. The Morgan fingerprint density at radius 2 is 2.00 bits per heavy atom. The molecule has 0 saturated carbocycles. The van der Waals surface area contributed by atoms with Crippen LogP contribution in [-0.2, 0) is 7.05 Å². The number of benzene rings is 1. The molecule has 1 aromatic carbocycles. The average molecular weight is 327 g/mol. The van der Waals surface area contributed by atoms with E-state index < -0.39 is 0 Å². The van der Waals surface area contributed by atoms with E-state index in [2.05, 4.69) is 15.4 Å². The molecule has 0 bridgehead atoms.